The Balaban J connectivity index is 1.75. The van der Waals surface area contributed by atoms with E-state index in [9.17, 15) is 33.6 Å². The number of carbonyl (C=O) groups is 7. The lowest BCUT2D eigenvalue weighted by Gasteiger charge is -2.24. The van der Waals surface area contributed by atoms with Crippen LogP contribution in [-0.4, -0.2) is 114 Å². The summed E-state index contributed by atoms with van der Waals surface area (Å²) < 4.78 is 0. The van der Waals surface area contributed by atoms with Crippen molar-refractivity contribution in [3.63, 3.8) is 0 Å². The first-order chi connectivity index (χ1) is 16.6. The molecule has 2 atom stereocenters. The summed E-state index contributed by atoms with van der Waals surface area (Å²) in [6, 6.07) is -1.58. The van der Waals surface area contributed by atoms with Crippen LogP contribution in [0.5, 0.6) is 0 Å². The molecule has 0 unspecified atom stereocenters. The second kappa shape index (κ2) is 13.2. The fraction of sp³-hybridized carbons (Fsp3) is 0.650. The molecule has 2 saturated heterocycles. The Kier molecular flexibility index (Phi) is 10.4. The summed E-state index contributed by atoms with van der Waals surface area (Å²) in [4.78, 5) is 85.9. The van der Waals surface area contributed by atoms with Gasteiger partial charge < -0.3 is 41.9 Å². The van der Waals surface area contributed by atoms with E-state index in [2.05, 4.69) is 21.3 Å². The molecule has 2 fully saturated rings. The summed E-state index contributed by atoms with van der Waals surface area (Å²) in [7, 11) is 0. The maximum absolute atomic E-state index is 12.5. The topological polar surface area (TPSA) is 220 Å². The lowest BCUT2D eigenvalue weighted by atomic mass is 10.2. The van der Waals surface area contributed by atoms with Gasteiger partial charge in [-0.1, -0.05) is 0 Å². The van der Waals surface area contributed by atoms with E-state index in [1.165, 1.54) is 9.80 Å². The average molecular weight is 498 g/mol. The average Bonchev–Trinajstić information content (AvgIpc) is 3.52. The van der Waals surface area contributed by atoms with E-state index < -0.39 is 73.1 Å². The van der Waals surface area contributed by atoms with E-state index >= 15 is 0 Å². The fourth-order valence-corrected chi connectivity index (χ4v) is 3.93. The minimum Gasteiger partial charge on any atom is -0.480 e. The van der Waals surface area contributed by atoms with Crippen molar-refractivity contribution in [1.82, 2.24) is 31.1 Å². The van der Waals surface area contributed by atoms with E-state index in [1.807, 2.05) is 0 Å². The van der Waals surface area contributed by atoms with Gasteiger partial charge in [-0.05, 0) is 25.7 Å². The first kappa shape index (κ1) is 27.5. The van der Waals surface area contributed by atoms with Crippen LogP contribution in [-0.2, 0) is 33.6 Å². The standard InChI is InChI=1S/C20H31N7O8/c21-7-14(28)22-9-16(30)26-5-1-3-12(26)19(34)24-8-15(29)23-10-17(31)27-6-2-4-13(27)20(35)25-11-18(32)33/h12-13H,1-11,21H2,(H,22,28)(H,23,29)(H,24,34)(H,25,35)(H,32,33)/t12-,13-/m0/s1. The van der Waals surface area contributed by atoms with Crippen molar-refractivity contribution in [2.75, 3.05) is 45.8 Å². The molecule has 194 valence electrons. The summed E-state index contributed by atoms with van der Waals surface area (Å²) >= 11 is 0. The highest BCUT2D eigenvalue weighted by Crippen LogP contribution is 2.18. The van der Waals surface area contributed by atoms with Crippen LogP contribution in [0.2, 0.25) is 0 Å². The molecule has 0 aliphatic carbocycles. The summed E-state index contributed by atoms with van der Waals surface area (Å²) in [5, 5.41) is 18.1. The minimum absolute atomic E-state index is 0.259. The van der Waals surface area contributed by atoms with Crippen LogP contribution in [0.25, 0.3) is 0 Å². The van der Waals surface area contributed by atoms with E-state index in [-0.39, 0.29) is 13.1 Å². The predicted octanol–water partition coefficient (Wildman–Crippen LogP) is -4.52. The number of carbonyl (C=O) groups excluding carboxylic acids is 6. The van der Waals surface area contributed by atoms with Gasteiger partial charge in [-0.25, -0.2) is 0 Å². The minimum atomic E-state index is -1.20. The van der Waals surface area contributed by atoms with E-state index in [0.29, 0.717) is 38.8 Å². The zero-order valence-electron chi connectivity index (χ0n) is 19.2. The van der Waals surface area contributed by atoms with Crippen LogP contribution in [0, 0.1) is 0 Å². The zero-order valence-corrected chi connectivity index (χ0v) is 19.2. The molecule has 0 radical (unpaired) electrons. The molecule has 2 rings (SSSR count). The maximum Gasteiger partial charge on any atom is 0.322 e. The molecule has 7 N–H and O–H groups in total. The predicted molar refractivity (Wildman–Crippen MR) is 118 cm³/mol. The third-order valence-corrected chi connectivity index (χ3v) is 5.65. The second-order valence-electron chi connectivity index (χ2n) is 8.08. The Hall–Kier alpha value is -3.75. The number of rotatable bonds is 11. The molecule has 0 aromatic rings. The zero-order chi connectivity index (χ0) is 26.0. The van der Waals surface area contributed by atoms with Gasteiger partial charge in [-0.2, -0.15) is 0 Å². The number of hydrogen-bond acceptors (Lipinski definition) is 8. The van der Waals surface area contributed by atoms with Crippen LogP contribution in [0.4, 0.5) is 0 Å². The Bertz CT molecular complexity index is 864. The molecule has 0 saturated carbocycles. The van der Waals surface area contributed by atoms with Crippen molar-refractivity contribution in [3.8, 4) is 0 Å². The highest BCUT2D eigenvalue weighted by Gasteiger charge is 2.35. The van der Waals surface area contributed by atoms with Gasteiger partial charge in [0.05, 0.1) is 26.2 Å². The quantitative estimate of drug-likeness (QED) is 0.162. The van der Waals surface area contributed by atoms with Gasteiger partial charge in [0.2, 0.25) is 35.4 Å². The molecule has 35 heavy (non-hydrogen) atoms. The number of nitrogens with two attached hydrogens (primary N) is 1. The van der Waals surface area contributed by atoms with Gasteiger partial charge in [-0.15, -0.1) is 0 Å². The summed E-state index contributed by atoms with van der Waals surface area (Å²) in [5.41, 5.74) is 5.18. The normalized spacial score (nSPS) is 19.1. The summed E-state index contributed by atoms with van der Waals surface area (Å²) in [6.07, 6.45) is 1.94. The molecule has 0 bridgehead atoms. The van der Waals surface area contributed by atoms with Crippen LogP contribution >= 0.6 is 0 Å². The summed E-state index contributed by atoms with van der Waals surface area (Å²) in [5.74, 6) is -4.38. The van der Waals surface area contributed by atoms with Gasteiger partial charge in [0.1, 0.15) is 18.6 Å². The largest absolute Gasteiger partial charge is 0.480 e. The first-order valence-corrected chi connectivity index (χ1v) is 11.2. The fourth-order valence-electron chi connectivity index (χ4n) is 3.93. The molecule has 2 heterocycles. The molecular weight excluding hydrogens is 466 g/mol. The lowest BCUT2D eigenvalue weighted by molar-refractivity contribution is -0.141. The molecule has 2 aliphatic heterocycles. The summed E-state index contributed by atoms with van der Waals surface area (Å²) in [6.45, 7) is -1.27. The molecule has 15 heteroatoms. The Morgan fingerprint density at radius 2 is 1.14 bits per heavy atom. The van der Waals surface area contributed by atoms with Crippen molar-refractivity contribution in [2.45, 2.75) is 37.8 Å². The van der Waals surface area contributed by atoms with Gasteiger partial charge in [0, 0.05) is 13.1 Å². The Morgan fingerprint density at radius 1 is 0.686 bits per heavy atom. The highest BCUT2D eigenvalue weighted by molar-refractivity contribution is 5.94. The van der Waals surface area contributed by atoms with Crippen LogP contribution in [0.1, 0.15) is 25.7 Å². The third kappa shape index (κ3) is 8.20. The Morgan fingerprint density at radius 3 is 1.60 bits per heavy atom. The van der Waals surface area contributed by atoms with Crippen molar-refractivity contribution in [1.29, 1.82) is 0 Å². The van der Waals surface area contributed by atoms with Crippen molar-refractivity contribution < 1.29 is 38.7 Å². The molecular formula is C20H31N7O8. The Labute approximate surface area is 201 Å². The van der Waals surface area contributed by atoms with Crippen LogP contribution < -0.4 is 27.0 Å². The van der Waals surface area contributed by atoms with Gasteiger partial charge in [0.25, 0.3) is 0 Å². The second-order valence-corrected chi connectivity index (χ2v) is 8.08. The highest BCUT2D eigenvalue weighted by atomic mass is 16.4. The lowest BCUT2D eigenvalue weighted by Crippen LogP contribution is -2.52. The SMILES string of the molecule is NCC(=O)NCC(=O)N1CCC[C@H]1C(=O)NCC(=O)NCC(=O)N1CCC[C@H]1C(=O)NCC(=O)O. The van der Waals surface area contributed by atoms with Gasteiger partial charge in [0.15, 0.2) is 0 Å². The molecule has 6 amide bonds. The number of aliphatic carboxylic acids is 1. The van der Waals surface area contributed by atoms with E-state index in [4.69, 9.17) is 10.8 Å². The monoisotopic (exact) mass is 497 g/mol. The number of carboxylic acids is 1. The smallest absolute Gasteiger partial charge is 0.322 e. The molecule has 15 nitrogen and oxygen atoms in total. The molecule has 2 aliphatic rings. The van der Waals surface area contributed by atoms with Gasteiger partial charge >= 0.3 is 5.97 Å². The number of hydrogen-bond donors (Lipinski definition) is 6. The van der Waals surface area contributed by atoms with E-state index in [1.54, 1.807) is 0 Å². The van der Waals surface area contributed by atoms with Crippen molar-refractivity contribution in [3.05, 3.63) is 0 Å². The van der Waals surface area contributed by atoms with Crippen molar-refractivity contribution >= 4 is 41.4 Å². The molecule has 0 aromatic heterocycles. The molecule has 0 aromatic carbocycles. The van der Waals surface area contributed by atoms with Crippen LogP contribution in [0.3, 0.4) is 0 Å². The number of likely N-dealkylation sites (tertiary alicyclic amines) is 2. The van der Waals surface area contributed by atoms with Gasteiger partial charge in [-0.3, -0.25) is 33.6 Å². The number of nitrogens with one attached hydrogen (secondary N) is 4. The van der Waals surface area contributed by atoms with Crippen molar-refractivity contribution in [2.24, 2.45) is 5.73 Å². The third-order valence-electron chi connectivity index (χ3n) is 5.65. The molecule has 0 spiro atoms. The van der Waals surface area contributed by atoms with E-state index in [0.717, 1.165) is 0 Å². The number of amides is 6. The maximum atomic E-state index is 12.5. The number of nitrogens with zero attached hydrogens (tertiary/aromatic N) is 2. The van der Waals surface area contributed by atoms with Crippen LogP contribution in [0.15, 0.2) is 0 Å². The number of carboxylic acid groups (broad SMARTS) is 1. The first-order valence-electron chi connectivity index (χ1n) is 11.2.